The summed E-state index contributed by atoms with van der Waals surface area (Å²) in [5, 5.41) is 10.8. The molecule has 28 heavy (non-hydrogen) atoms. The molecule has 3 aromatic carbocycles. The number of fused-ring (bicyclic) bond motifs is 1. The maximum Gasteiger partial charge on any atom is 0.227 e. The van der Waals surface area contributed by atoms with E-state index in [0.717, 1.165) is 11.1 Å². The Balaban J connectivity index is 1.69. The third-order valence-electron chi connectivity index (χ3n) is 4.49. The van der Waals surface area contributed by atoms with Gasteiger partial charge in [0, 0.05) is 22.4 Å². The number of phenolic OH excluding ortho intramolecular Hbond substituents is 1. The van der Waals surface area contributed by atoms with Crippen molar-refractivity contribution in [3.8, 4) is 17.2 Å². The summed E-state index contributed by atoms with van der Waals surface area (Å²) in [6.07, 6.45) is 1.57. The predicted octanol–water partition coefficient (Wildman–Crippen LogP) is 6.36. The second-order valence-electron chi connectivity index (χ2n) is 6.50. The first-order chi connectivity index (χ1) is 13.4. The molecule has 0 spiro atoms. The Morgan fingerprint density at radius 1 is 1.14 bits per heavy atom. The minimum absolute atomic E-state index is 0.124. The molecule has 1 N–H and O–H groups in total. The zero-order valence-corrected chi connectivity index (χ0v) is 16.0. The lowest BCUT2D eigenvalue weighted by Crippen LogP contribution is -1.92. The van der Waals surface area contributed by atoms with Crippen LogP contribution in [0.15, 0.2) is 57.9 Å². The van der Waals surface area contributed by atoms with Crippen LogP contribution in [0.4, 0.5) is 10.1 Å². The van der Waals surface area contributed by atoms with E-state index in [1.54, 1.807) is 42.6 Å². The summed E-state index contributed by atoms with van der Waals surface area (Å²) in [5.41, 5.74) is 4.53. The third-order valence-corrected chi connectivity index (χ3v) is 5.08. The maximum atomic E-state index is 13.4. The molecule has 0 bridgehead atoms. The zero-order valence-electron chi connectivity index (χ0n) is 15.2. The van der Waals surface area contributed by atoms with Gasteiger partial charge in [-0.3, -0.25) is 4.99 Å². The monoisotopic (exact) mass is 394 g/mol. The molecule has 0 fully saturated rings. The van der Waals surface area contributed by atoms with Crippen molar-refractivity contribution in [2.45, 2.75) is 13.8 Å². The molecular formula is C22H16ClFN2O2. The molecule has 0 saturated heterocycles. The minimum Gasteiger partial charge on any atom is -0.507 e. The fourth-order valence-electron chi connectivity index (χ4n) is 3.00. The summed E-state index contributed by atoms with van der Waals surface area (Å²) in [6.45, 7) is 3.67. The van der Waals surface area contributed by atoms with E-state index in [-0.39, 0.29) is 11.6 Å². The van der Waals surface area contributed by atoms with E-state index < -0.39 is 0 Å². The van der Waals surface area contributed by atoms with Gasteiger partial charge >= 0.3 is 0 Å². The van der Waals surface area contributed by atoms with Gasteiger partial charge in [0.1, 0.15) is 17.1 Å². The van der Waals surface area contributed by atoms with Gasteiger partial charge in [0.05, 0.1) is 5.69 Å². The van der Waals surface area contributed by atoms with E-state index in [9.17, 15) is 9.50 Å². The SMILES string of the molecule is Cc1cc(O)c(C=Nc2ccc3oc(-c4cccc(F)c4)nc3c2)c(C)c1Cl. The maximum absolute atomic E-state index is 13.4. The lowest BCUT2D eigenvalue weighted by molar-refractivity contribution is 0.473. The Morgan fingerprint density at radius 3 is 2.75 bits per heavy atom. The van der Waals surface area contributed by atoms with Crippen LogP contribution in [0.1, 0.15) is 16.7 Å². The van der Waals surface area contributed by atoms with Gasteiger partial charge in [-0.25, -0.2) is 9.37 Å². The summed E-state index contributed by atoms with van der Waals surface area (Å²) in [5.74, 6) is 0.116. The van der Waals surface area contributed by atoms with Crippen molar-refractivity contribution in [1.29, 1.82) is 0 Å². The number of halogens is 2. The van der Waals surface area contributed by atoms with Crippen LogP contribution >= 0.6 is 11.6 Å². The first-order valence-corrected chi connectivity index (χ1v) is 8.99. The molecule has 0 amide bonds. The van der Waals surface area contributed by atoms with Gasteiger partial charge in [0.25, 0.3) is 0 Å². The van der Waals surface area contributed by atoms with Crippen LogP contribution in [0.25, 0.3) is 22.6 Å². The van der Waals surface area contributed by atoms with Gasteiger partial charge in [0.15, 0.2) is 5.58 Å². The van der Waals surface area contributed by atoms with E-state index >= 15 is 0 Å². The average molecular weight is 395 g/mol. The molecule has 0 aliphatic rings. The number of aliphatic imine (C=N–C) groups is 1. The van der Waals surface area contributed by atoms with E-state index in [1.165, 1.54) is 12.1 Å². The number of aromatic nitrogens is 1. The quantitative estimate of drug-likeness (QED) is 0.411. The summed E-state index contributed by atoms with van der Waals surface area (Å²) < 4.78 is 19.1. The predicted molar refractivity (Wildman–Crippen MR) is 109 cm³/mol. The van der Waals surface area contributed by atoms with E-state index in [2.05, 4.69) is 9.98 Å². The van der Waals surface area contributed by atoms with Crippen molar-refractivity contribution >= 4 is 34.6 Å². The van der Waals surface area contributed by atoms with Crippen LogP contribution in [0.5, 0.6) is 5.75 Å². The Morgan fingerprint density at radius 2 is 1.96 bits per heavy atom. The largest absolute Gasteiger partial charge is 0.507 e. The van der Waals surface area contributed by atoms with Crippen LogP contribution in [0.2, 0.25) is 5.02 Å². The van der Waals surface area contributed by atoms with Crippen molar-refractivity contribution in [2.75, 3.05) is 0 Å². The third kappa shape index (κ3) is 3.37. The zero-order chi connectivity index (χ0) is 19.8. The summed E-state index contributed by atoms with van der Waals surface area (Å²) in [6, 6.07) is 13.0. The van der Waals surface area contributed by atoms with E-state index in [1.807, 2.05) is 13.8 Å². The van der Waals surface area contributed by atoms with Crippen molar-refractivity contribution in [1.82, 2.24) is 4.98 Å². The Hall–Kier alpha value is -3.18. The van der Waals surface area contributed by atoms with Crippen molar-refractivity contribution in [3.63, 3.8) is 0 Å². The standard InChI is InChI=1S/C22H16ClFN2O2/c1-12-8-19(27)17(13(2)21(12)23)11-25-16-6-7-20-18(10-16)26-22(28-20)14-4-3-5-15(24)9-14/h3-11,27H,1-2H3. The second kappa shape index (κ2) is 7.09. The topological polar surface area (TPSA) is 58.6 Å². The fourth-order valence-corrected chi connectivity index (χ4v) is 3.15. The Bertz CT molecular complexity index is 1230. The first kappa shape index (κ1) is 18.2. The highest BCUT2D eigenvalue weighted by Gasteiger charge is 2.11. The number of oxazole rings is 1. The molecule has 4 nitrogen and oxygen atoms in total. The number of rotatable bonds is 3. The van der Waals surface area contributed by atoms with E-state index in [0.29, 0.717) is 38.8 Å². The molecule has 0 aliphatic carbocycles. The minimum atomic E-state index is -0.350. The van der Waals surface area contributed by atoms with Crippen LogP contribution < -0.4 is 0 Å². The summed E-state index contributed by atoms with van der Waals surface area (Å²) >= 11 is 6.26. The van der Waals surface area contributed by atoms with Gasteiger partial charge < -0.3 is 9.52 Å². The van der Waals surface area contributed by atoms with Crippen LogP contribution in [0.3, 0.4) is 0 Å². The number of benzene rings is 3. The Labute approximate surface area is 165 Å². The number of nitrogens with zero attached hydrogens (tertiary/aromatic N) is 2. The average Bonchev–Trinajstić information content (AvgIpc) is 3.09. The van der Waals surface area contributed by atoms with Crippen molar-refractivity contribution < 1.29 is 13.9 Å². The van der Waals surface area contributed by atoms with Crippen molar-refractivity contribution in [2.24, 2.45) is 4.99 Å². The molecule has 0 aliphatic heterocycles. The lowest BCUT2D eigenvalue weighted by atomic mass is 10.0. The van der Waals surface area contributed by atoms with Gasteiger partial charge in [-0.05, 0) is 67.4 Å². The molecule has 6 heteroatoms. The van der Waals surface area contributed by atoms with E-state index in [4.69, 9.17) is 16.0 Å². The first-order valence-electron chi connectivity index (χ1n) is 8.61. The highest BCUT2D eigenvalue weighted by Crippen LogP contribution is 2.31. The number of hydrogen-bond acceptors (Lipinski definition) is 4. The van der Waals surface area contributed by atoms with Crippen LogP contribution in [-0.2, 0) is 0 Å². The molecule has 0 atom stereocenters. The number of phenols is 1. The number of hydrogen-bond donors (Lipinski definition) is 1. The molecule has 4 rings (SSSR count). The van der Waals surface area contributed by atoms with Gasteiger partial charge in [-0.2, -0.15) is 0 Å². The molecule has 0 radical (unpaired) electrons. The number of aryl methyl sites for hydroxylation is 1. The smallest absolute Gasteiger partial charge is 0.227 e. The summed E-state index contributed by atoms with van der Waals surface area (Å²) in [4.78, 5) is 8.85. The number of aromatic hydroxyl groups is 1. The molecule has 1 aromatic heterocycles. The molecular weight excluding hydrogens is 379 g/mol. The lowest BCUT2D eigenvalue weighted by Gasteiger charge is -2.08. The fraction of sp³-hybridized carbons (Fsp3) is 0.0909. The van der Waals surface area contributed by atoms with Gasteiger partial charge in [0.2, 0.25) is 5.89 Å². The second-order valence-corrected chi connectivity index (χ2v) is 6.88. The van der Waals surface area contributed by atoms with Crippen LogP contribution in [0, 0.1) is 19.7 Å². The van der Waals surface area contributed by atoms with Crippen LogP contribution in [-0.4, -0.2) is 16.3 Å². The van der Waals surface area contributed by atoms with Gasteiger partial charge in [-0.1, -0.05) is 17.7 Å². The van der Waals surface area contributed by atoms with Gasteiger partial charge in [-0.15, -0.1) is 0 Å². The highest BCUT2D eigenvalue weighted by atomic mass is 35.5. The molecule has 140 valence electrons. The van der Waals surface area contributed by atoms with Crippen molar-refractivity contribution in [3.05, 3.63) is 76.1 Å². The molecule has 4 aromatic rings. The summed E-state index contributed by atoms with van der Waals surface area (Å²) in [7, 11) is 0. The highest BCUT2D eigenvalue weighted by molar-refractivity contribution is 6.32. The normalized spacial score (nSPS) is 11.6. The Kier molecular flexibility index (Phi) is 4.61. The molecule has 0 saturated carbocycles. The molecule has 0 unspecified atom stereocenters. The molecule has 1 heterocycles.